The second-order valence-electron chi connectivity index (χ2n) is 5.76. The van der Waals surface area contributed by atoms with E-state index in [1.807, 2.05) is 13.0 Å². The summed E-state index contributed by atoms with van der Waals surface area (Å²) in [5.74, 6) is 0.722. The van der Waals surface area contributed by atoms with Gasteiger partial charge in [0.15, 0.2) is 6.04 Å². The molecule has 1 amide bonds. The third-order valence-corrected chi connectivity index (χ3v) is 4.07. The van der Waals surface area contributed by atoms with Crippen LogP contribution < -0.4 is 10.2 Å². The molecule has 0 aromatic heterocycles. The highest BCUT2D eigenvalue weighted by Gasteiger charge is 2.29. The Morgan fingerprint density at radius 3 is 3.05 bits per heavy atom. The summed E-state index contributed by atoms with van der Waals surface area (Å²) in [6.45, 7) is 6.36. The van der Waals surface area contributed by atoms with Crippen LogP contribution in [0.25, 0.3) is 0 Å². The maximum atomic E-state index is 12.3. The van der Waals surface area contributed by atoms with Gasteiger partial charge in [0.05, 0.1) is 24.7 Å². The van der Waals surface area contributed by atoms with Gasteiger partial charge in [-0.1, -0.05) is 13.0 Å². The average Bonchev–Trinajstić information content (AvgIpc) is 2.46. The number of nitrogens with one attached hydrogen (secondary N) is 2. The molecular formula is C16H22N3O+. The van der Waals surface area contributed by atoms with E-state index in [1.165, 1.54) is 17.7 Å². The number of carbonyl (C=O) groups excluding carboxylic acids is 1. The van der Waals surface area contributed by atoms with Crippen LogP contribution in [0.3, 0.4) is 0 Å². The molecule has 0 saturated carbocycles. The summed E-state index contributed by atoms with van der Waals surface area (Å²) in [5, 5.41) is 11.8. The summed E-state index contributed by atoms with van der Waals surface area (Å²) in [6.07, 6.45) is 2.46. The Morgan fingerprint density at radius 1 is 1.55 bits per heavy atom. The molecule has 1 fully saturated rings. The maximum Gasteiger partial charge on any atom is 0.282 e. The quantitative estimate of drug-likeness (QED) is 0.868. The minimum Gasteiger partial charge on any atom is -0.325 e. The number of benzene rings is 1. The van der Waals surface area contributed by atoms with Crippen LogP contribution in [0, 0.1) is 17.2 Å². The summed E-state index contributed by atoms with van der Waals surface area (Å²) < 4.78 is 0. The molecule has 2 N–H and O–H groups in total. The van der Waals surface area contributed by atoms with Crippen molar-refractivity contribution in [2.45, 2.75) is 32.7 Å². The number of hydrogen-bond donors (Lipinski definition) is 2. The van der Waals surface area contributed by atoms with Crippen molar-refractivity contribution in [2.24, 2.45) is 5.92 Å². The largest absolute Gasteiger partial charge is 0.325 e. The normalized spacial score (nSPS) is 23.6. The number of quaternary nitrogens is 1. The number of nitrogens with zero attached hydrogens (tertiary/aromatic N) is 1. The van der Waals surface area contributed by atoms with Crippen LogP contribution in [0.2, 0.25) is 0 Å². The minimum atomic E-state index is -0.0523. The van der Waals surface area contributed by atoms with E-state index in [2.05, 4.69) is 18.3 Å². The monoisotopic (exact) mass is 272 g/mol. The number of amides is 1. The Labute approximate surface area is 120 Å². The molecule has 1 unspecified atom stereocenters. The number of carbonyl (C=O) groups is 1. The van der Waals surface area contributed by atoms with Gasteiger partial charge >= 0.3 is 0 Å². The fraction of sp³-hybridized carbons (Fsp3) is 0.500. The summed E-state index contributed by atoms with van der Waals surface area (Å²) in [5.41, 5.74) is 1.26. The van der Waals surface area contributed by atoms with Crippen molar-refractivity contribution in [1.82, 2.24) is 0 Å². The topological polar surface area (TPSA) is 57.3 Å². The lowest BCUT2D eigenvalue weighted by atomic mass is 9.99. The summed E-state index contributed by atoms with van der Waals surface area (Å²) >= 11 is 0. The third-order valence-electron chi connectivity index (χ3n) is 4.07. The first-order chi connectivity index (χ1) is 9.60. The Bertz CT molecular complexity index is 521. The molecule has 1 aliphatic heterocycles. The predicted molar refractivity (Wildman–Crippen MR) is 78.3 cm³/mol. The zero-order valence-electron chi connectivity index (χ0n) is 12.1. The van der Waals surface area contributed by atoms with Crippen LogP contribution in [0.5, 0.6) is 0 Å². The smallest absolute Gasteiger partial charge is 0.282 e. The van der Waals surface area contributed by atoms with E-state index in [4.69, 9.17) is 5.26 Å². The van der Waals surface area contributed by atoms with Crippen LogP contribution in [-0.4, -0.2) is 25.0 Å². The van der Waals surface area contributed by atoms with Crippen molar-refractivity contribution in [1.29, 1.82) is 5.26 Å². The zero-order chi connectivity index (χ0) is 14.5. The van der Waals surface area contributed by atoms with E-state index in [1.54, 1.807) is 18.2 Å². The van der Waals surface area contributed by atoms with E-state index >= 15 is 0 Å². The van der Waals surface area contributed by atoms with Crippen LogP contribution in [0.1, 0.15) is 32.3 Å². The van der Waals surface area contributed by atoms with Crippen LogP contribution >= 0.6 is 0 Å². The standard InChI is InChI=1S/C16H21N3O/c1-12-5-4-8-19(11-12)13(2)16(20)18-15-7-3-6-14(9-15)10-17/h3,6-7,9,12-13H,4-5,8,11H2,1-2H3,(H,18,20)/p+1/t12-,13+/m1/s1. The summed E-state index contributed by atoms with van der Waals surface area (Å²) in [6, 6.07) is 9.08. The number of piperidine rings is 1. The van der Waals surface area contributed by atoms with Gasteiger partial charge in [-0.2, -0.15) is 5.26 Å². The minimum absolute atomic E-state index is 0.0317. The molecule has 1 aliphatic rings. The molecule has 0 radical (unpaired) electrons. The van der Waals surface area contributed by atoms with Gasteiger partial charge in [-0.3, -0.25) is 4.79 Å². The number of nitriles is 1. The Morgan fingerprint density at radius 2 is 2.35 bits per heavy atom. The second kappa shape index (κ2) is 6.53. The van der Waals surface area contributed by atoms with Gasteiger partial charge in [0.1, 0.15) is 0 Å². The Kier molecular flexibility index (Phi) is 4.75. The maximum absolute atomic E-state index is 12.3. The van der Waals surface area contributed by atoms with Gasteiger partial charge in [-0.15, -0.1) is 0 Å². The molecular weight excluding hydrogens is 250 g/mol. The van der Waals surface area contributed by atoms with E-state index < -0.39 is 0 Å². The third kappa shape index (κ3) is 3.58. The van der Waals surface area contributed by atoms with E-state index in [-0.39, 0.29) is 11.9 Å². The first-order valence-corrected chi connectivity index (χ1v) is 7.25. The first kappa shape index (κ1) is 14.5. The second-order valence-corrected chi connectivity index (χ2v) is 5.76. The fourth-order valence-corrected chi connectivity index (χ4v) is 2.82. The molecule has 0 aliphatic carbocycles. The number of anilines is 1. The Balaban J connectivity index is 1.98. The van der Waals surface area contributed by atoms with Crippen molar-refractivity contribution < 1.29 is 9.69 Å². The molecule has 1 aromatic carbocycles. The highest BCUT2D eigenvalue weighted by Crippen LogP contribution is 2.10. The molecule has 1 saturated heterocycles. The van der Waals surface area contributed by atoms with Gasteiger partial charge < -0.3 is 10.2 Å². The number of rotatable bonds is 3. The Hall–Kier alpha value is -1.86. The predicted octanol–water partition coefficient (Wildman–Crippen LogP) is 1.20. The van der Waals surface area contributed by atoms with Crippen LogP contribution in [-0.2, 0) is 4.79 Å². The van der Waals surface area contributed by atoms with E-state index in [0.717, 1.165) is 13.1 Å². The van der Waals surface area contributed by atoms with Crippen molar-refractivity contribution in [2.75, 3.05) is 18.4 Å². The molecule has 1 aromatic rings. The molecule has 0 spiro atoms. The summed E-state index contributed by atoms with van der Waals surface area (Å²) in [4.78, 5) is 13.7. The van der Waals surface area contributed by atoms with E-state index in [0.29, 0.717) is 17.2 Å². The van der Waals surface area contributed by atoms with Crippen LogP contribution in [0.4, 0.5) is 5.69 Å². The number of likely N-dealkylation sites (tertiary alicyclic amines) is 1. The van der Waals surface area contributed by atoms with E-state index in [9.17, 15) is 4.79 Å². The lowest BCUT2D eigenvalue weighted by Gasteiger charge is -2.31. The molecule has 3 atom stereocenters. The highest BCUT2D eigenvalue weighted by molar-refractivity contribution is 5.93. The zero-order valence-corrected chi connectivity index (χ0v) is 12.1. The van der Waals surface area contributed by atoms with Crippen molar-refractivity contribution >= 4 is 11.6 Å². The molecule has 2 rings (SSSR count). The van der Waals surface area contributed by atoms with Gasteiger partial charge in [0.2, 0.25) is 0 Å². The van der Waals surface area contributed by atoms with Gasteiger partial charge in [-0.25, -0.2) is 0 Å². The lowest BCUT2D eigenvalue weighted by Crippen LogP contribution is -3.17. The lowest BCUT2D eigenvalue weighted by molar-refractivity contribution is -0.922. The molecule has 106 valence electrons. The molecule has 1 heterocycles. The molecule has 4 heteroatoms. The molecule has 4 nitrogen and oxygen atoms in total. The van der Waals surface area contributed by atoms with Gasteiger partial charge in [-0.05, 0) is 38.0 Å². The SMILES string of the molecule is C[C@@H]1CCC[NH+]([C@@H](C)C(=O)Nc2cccc(C#N)c2)C1. The summed E-state index contributed by atoms with van der Waals surface area (Å²) in [7, 11) is 0. The van der Waals surface area contributed by atoms with Crippen molar-refractivity contribution in [3.8, 4) is 6.07 Å². The van der Waals surface area contributed by atoms with Crippen molar-refractivity contribution in [3.63, 3.8) is 0 Å². The average molecular weight is 272 g/mol. The highest BCUT2D eigenvalue weighted by atomic mass is 16.2. The fourth-order valence-electron chi connectivity index (χ4n) is 2.82. The molecule has 0 bridgehead atoms. The van der Waals surface area contributed by atoms with Gasteiger partial charge in [0.25, 0.3) is 5.91 Å². The van der Waals surface area contributed by atoms with Crippen molar-refractivity contribution in [3.05, 3.63) is 29.8 Å². The van der Waals surface area contributed by atoms with Gasteiger partial charge in [0, 0.05) is 11.6 Å². The van der Waals surface area contributed by atoms with Crippen LogP contribution in [0.15, 0.2) is 24.3 Å². The number of hydrogen-bond acceptors (Lipinski definition) is 2. The first-order valence-electron chi connectivity index (χ1n) is 7.25. The molecule has 20 heavy (non-hydrogen) atoms.